The number of nitrogen functional groups attached to an aromatic ring is 1. The molecule has 0 radical (unpaired) electrons. The van der Waals surface area contributed by atoms with Crippen molar-refractivity contribution in [3.05, 3.63) is 34.9 Å². The Balaban J connectivity index is 2.02. The van der Waals surface area contributed by atoms with E-state index in [9.17, 15) is 0 Å². The third-order valence-electron chi connectivity index (χ3n) is 2.20. The smallest absolute Gasteiger partial charge is 0.214 e. The van der Waals surface area contributed by atoms with Crippen LogP contribution in [0.2, 0.25) is 0 Å². The zero-order valence-corrected chi connectivity index (χ0v) is 10.8. The summed E-state index contributed by atoms with van der Waals surface area (Å²) < 4.78 is 7.22. The van der Waals surface area contributed by atoms with Gasteiger partial charge in [0, 0.05) is 4.90 Å². The van der Waals surface area contributed by atoms with Crippen molar-refractivity contribution in [1.29, 1.82) is 0 Å². The average molecular weight is 268 g/mol. The van der Waals surface area contributed by atoms with E-state index in [1.165, 1.54) is 9.57 Å². The van der Waals surface area contributed by atoms with Crippen molar-refractivity contribution in [1.82, 2.24) is 14.9 Å². The van der Waals surface area contributed by atoms with Crippen LogP contribution in [0, 0.1) is 4.77 Å². The highest BCUT2D eigenvalue weighted by Gasteiger charge is 2.03. The zero-order valence-electron chi connectivity index (χ0n) is 9.21. The first-order valence-corrected chi connectivity index (χ1v) is 6.52. The molecule has 0 fully saturated rings. The lowest BCUT2D eigenvalue weighted by atomic mass is 10.3. The molecular formula is C10H12N4OS2. The number of nitrogens with zero attached hydrogens (tertiary/aromatic N) is 2. The standard InChI is InChI=1S/C10H12N4OS2/c1-17-8-4-2-7(3-5-8)15-6-9-12-13-10(16)14(9)11/h2-5H,6,11H2,1H3,(H,13,16). The van der Waals surface area contributed by atoms with Crippen LogP contribution < -0.4 is 10.6 Å². The van der Waals surface area contributed by atoms with Crippen LogP contribution in [-0.2, 0) is 6.61 Å². The van der Waals surface area contributed by atoms with E-state index in [0.29, 0.717) is 10.6 Å². The van der Waals surface area contributed by atoms with Crippen LogP contribution in [0.15, 0.2) is 29.2 Å². The first-order valence-electron chi connectivity index (χ1n) is 4.89. The van der Waals surface area contributed by atoms with Gasteiger partial charge in [-0.2, -0.15) is 5.10 Å². The SMILES string of the molecule is CSc1ccc(OCc2n[nH]c(=S)n2N)cc1. The maximum absolute atomic E-state index is 5.65. The van der Waals surface area contributed by atoms with E-state index < -0.39 is 0 Å². The van der Waals surface area contributed by atoms with E-state index in [-0.39, 0.29) is 6.61 Å². The van der Waals surface area contributed by atoms with Gasteiger partial charge in [-0.05, 0) is 42.7 Å². The molecule has 0 bridgehead atoms. The van der Waals surface area contributed by atoms with Gasteiger partial charge in [0.15, 0.2) is 5.82 Å². The number of ether oxygens (including phenoxy) is 1. The maximum atomic E-state index is 5.65. The number of nitrogens with one attached hydrogen (secondary N) is 1. The fourth-order valence-electron chi connectivity index (χ4n) is 1.26. The average Bonchev–Trinajstić information content (AvgIpc) is 2.68. The summed E-state index contributed by atoms with van der Waals surface area (Å²) in [7, 11) is 0. The van der Waals surface area contributed by atoms with Gasteiger partial charge in [-0.15, -0.1) is 11.8 Å². The fourth-order valence-corrected chi connectivity index (χ4v) is 1.82. The molecular weight excluding hydrogens is 256 g/mol. The summed E-state index contributed by atoms with van der Waals surface area (Å²) in [5.74, 6) is 6.98. The van der Waals surface area contributed by atoms with E-state index in [4.69, 9.17) is 22.8 Å². The molecule has 0 aliphatic carbocycles. The quantitative estimate of drug-likeness (QED) is 0.504. The van der Waals surface area contributed by atoms with Crippen LogP contribution in [0.5, 0.6) is 5.75 Å². The van der Waals surface area contributed by atoms with Crippen molar-refractivity contribution in [3.8, 4) is 5.75 Å². The largest absolute Gasteiger partial charge is 0.486 e. The van der Waals surface area contributed by atoms with Crippen LogP contribution in [0.1, 0.15) is 5.82 Å². The minimum absolute atomic E-state index is 0.280. The molecule has 3 N–H and O–H groups in total. The number of thioether (sulfide) groups is 1. The topological polar surface area (TPSA) is 68.9 Å². The summed E-state index contributed by atoms with van der Waals surface area (Å²) in [6, 6.07) is 7.82. The van der Waals surface area contributed by atoms with Crippen molar-refractivity contribution >= 4 is 24.0 Å². The van der Waals surface area contributed by atoms with E-state index >= 15 is 0 Å². The molecule has 0 amide bonds. The van der Waals surface area contributed by atoms with E-state index in [1.807, 2.05) is 30.5 Å². The number of nitrogens with two attached hydrogens (primary N) is 1. The molecule has 2 aromatic rings. The molecule has 0 unspecified atom stereocenters. The van der Waals surface area contributed by atoms with Gasteiger partial charge >= 0.3 is 0 Å². The third kappa shape index (κ3) is 2.80. The molecule has 0 saturated carbocycles. The molecule has 1 aromatic heterocycles. The Hall–Kier alpha value is -1.47. The molecule has 17 heavy (non-hydrogen) atoms. The number of aromatic nitrogens is 3. The second kappa shape index (κ2) is 5.24. The molecule has 90 valence electrons. The predicted octanol–water partition coefficient (Wildman–Crippen LogP) is 1.96. The molecule has 0 atom stereocenters. The van der Waals surface area contributed by atoms with E-state index in [1.54, 1.807) is 11.8 Å². The lowest BCUT2D eigenvalue weighted by Crippen LogP contribution is -2.14. The van der Waals surface area contributed by atoms with Gasteiger partial charge in [-0.3, -0.25) is 5.10 Å². The summed E-state index contributed by atoms with van der Waals surface area (Å²) in [4.78, 5) is 1.19. The highest BCUT2D eigenvalue weighted by atomic mass is 32.2. The second-order valence-electron chi connectivity index (χ2n) is 3.28. The van der Waals surface area contributed by atoms with Gasteiger partial charge < -0.3 is 10.6 Å². The van der Waals surface area contributed by atoms with E-state index in [0.717, 1.165) is 5.75 Å². The van der Waals surface area contributed by atoms with Crippen molar-refractivity contribution < 1.29 is 4.74 Å². The maximum Gasteiger partial charge on any atom is 0.214 e. The summed E-state index contributed by atoms with van der Waals surface area (Å²) in [6.45, 7) is 0.280. The summed E-state index contributed by atoms with van der Waals surface area (Å²) >= 11 is 6.59. The van der Waals surface area contributed by atoms with Crippen LogP contribution in [0.25, 0.3) is 0 Å². The fraction of sp³-hybridized carbons (Fsp3) is 0.200. The summed E-state index contributed by atoms with van der Waals surface area (Å²) in [5.41, 5.74) is 0. The minimum Gasteiger partial charge on any atom is -0.486 e. The number of aromatic amines is 1. The van der Waals surface area contributed by atoms with Crippen LogP contribution in [0.3, 0.4) is 0 Å². The van der Waals surface area contributed by atoms with Crippen LogP contribution in [-0.4, -0.2) is 21.1 Å². The lowest BCUT2D eigenvalue weighted by Gasteiger charge is -2.05. The number of hydrogen-bond acceptors (Lipinski definition) is 5. The van der Waals surface area contributed by atoms with Gasteiger partial charge in [0.25, 0.3) is 0 Å². The third-order valence-corrected chi connectivity index (χ3v) is 3.24. The van der Waals surface area contributed by atoms with Crippen molar-refractivity contribution in [2.24, 2.45) is 0 Å². The first-order chi connectivity index (χ1) is 8.20. The van der Waals surface area contributed by atoms with Gasteiger partial charge in [-0.1, -0.05) is 0 Å². The second-order valence-corrected chi connectivity index (χ2v) is 4.55. The number of benzene rings is 1. The molecule has 0 spiro atoms. The highest BCUT2D eigenvalue weighted by Crippen LogP contribution is 2.19. The molecule has 0 aliphatic rings. The zero-order chi connectivity index (χ0) is 12.3. The predicted molar refractivity (Wildman–Crippen MR) is 70.1 cm³/mol. The van der Waals surface area contributed by atoms with Crippen molar-refractivity contribution in [2.45, 2.75) is 11.5 Å². The number of hydrogen-bond donors (Lipinski definition) is 2. The normalized spacial score (nSPS) is 10.4. The summed E-state index contributed by atoms with van der Waals surface area (Å²) in [5, 5.41) is 6.55. The molecule has 0 aliphatic heterocycles. The molecule has 0 saturated heterocycles. The Bertz CT molecular complexity index is 546. The van der Waals surface area contributed by atoms with Gasteiger partial charge in [0.1, 0.15) is 12.4 Å². The van der Waals surface area contributed by atoms with Gasteiger partial charge in [0.2, 0.25) is 4.77 Å². The monoisotopic (exact) mass is 268 g/mol. The highest BCUT2D eigenvalue weighted by molar-refractivity contribution is 7.98. The van der Waals surface area contributed by atoms with E-state index in [2.05, 4.69) is 10.2 Å². The van der Waals surface area contributed by atoms with Crippen molar-refractivity contribution in [3.63, 3.8) is 0 Å². The summed E-state index contributed by atoms with van der Waals surface area (Å²) in [6.07, 6.45) is 2.03. The number of rotatable bonds is 4. The molecule has 2 rings (SSSR count). The molecule has 1 heterocycles. The Morgan fingerprint density at radius 2 is 2.18 bits per heavy atom. The number of H-pyrrole nitrogens is 1. The Morgan fingerprint density at radius 1 is 1.47 bits per heavy atom. The molecule has 1 aromatic carbocycles. The Morgan fingerprint density at radius 3 is 2.71 bits per heavy atom. The van der Waals surface area contributed by atoms with Crippen LogP contribution in [0.4, 0.5) is 0 Å². The first kappa shape index (κ1) is 12.0. The van der Waals surface area contributed by atoms with Gasteiger partial charge in [-0.25, -0.2) is 4.68 Å². The Labute approximate surface area is 108 Å². The van der Waals surface area contributed by atoms with Gasteiger partial charge in [0.05, 0.1) is 0 Å². The van der Waals surface area contributed by atoms with Crippen molar-refractivity contribution in [2.75, 3.05) is 12.1 Å². The minimum atomic E-state index is 0.280. The Kier molecular flexibility index (Phi) is 3.70. The van der Waals surface area contributed by atoms with Crippen LogP contribution >= 0.6 is 24.0 Å². The molecule has 5 nitrogen and oxygen atoms in total. The molecule has 7 heteroatoms. The lowest BCUT2D eigenvalue weighted by molar-refractivity contribution is 0.292.